The second-order valence-corrected chi connectivity index (χ2v) is 5.88. The third-order valence-electron chi connectivity index (χ3n) is 4.19. The molecule has 0 amide bonds. The molecule has 2 heteroatoms. The van der Waals surface area contributed by atoms with Gasteiger partial charge in [0, 0.05) is 10.9 Å². The fourth-order valence-electron chi connectivity index (χ4n) is 2.80. The molecular weight excluding hydrogens is 308 g/mol. The Labute approximate surface area is 147 Å². The fraction of sp³-hybridized carbons (Fsp3) is 0.0435. The predicted molar refractivity (Wildman–Crippen MR) is 104 cm³/mol. The van der Waals surface area contributed by atoms with Gasteiger partial charge in [0.15, 0.2) is 0 Å². The normalized spacial score (nSPS) is 11.2. The van der Waals surface area contributed by atoms with E-state index in [9.17, 15) is 0 Å². The molecule has 4 aromatic rings. The lowest BCUT2D eigenvalue weighted by atomic mass is 10.1. The van der Waals surface area contributed by atoms with Gasteiger partial charge in [0.05, 0.1) is 7.11 Å². The topological polar surface area (TPSA) is 22.4 Å². The molecular formula is C23H18O2. The third kappa shape index (κ3) is 3.33. The molecule has 0 aliphatic heterocycles. The Morgan fingerprint density at radius 3 is 2.24 bits per heavy atom. The van der Waals surface area contributed by atoms with Crippen molar-refractivity contribution in [2.45, 2.75) is 0 Å². The van der Waals surface area contributed by atoms with E-state index >= 15 is 0 Å². The van der Waals surface area contributed by atoms with Crippen LogP contribution in [0.15, 0.2) is 83.3 Å². The molecule has 0 saturated carbocycles. The minimum atomic E-state index is 0.864. The summed E-state index contributed by atoms with van der Waals surface area (Å²) < 4.78 is 11.2. The zero-order chi connectivity index (χ0) is 17.1. The van der Waals surface area contributed by atoms with Gasteiger partial charge in [-0.05, 0) is 35.4 Å². The van der Waals surface area contributed by atoms with Crippen molar-refractivity contribution in [3.05, 3.63) is 90.0 Å². The summed E-state index contributed by atoms with van der Waals surface area (Å²) >= 11 is 0. The van der Waals surface area contributed by atoms with Crippen molar-refractivity contribution < 1.29 is 9.15 Å². The first-order valence-corrected chi connectivity index (χ1v) is 8.23. The van der Waals surface area contributed by atoms with Gasteiger partial charge in [0.1, 0.15) is 17.1 Å². The lowest BCUT2D eigenvalue weighted by Crippen LogP contribution is -1.81. The van der Waals surface area contributed by atoms with Crippen LogP contribution in [-0.2, 0) is 0 Å². The summed E-state index contributed by atoms with van der Waals surface area (Å²) in [6.45, 7) is 0. The van der Waals surface area contributed by atoms with Gasteiger partial charge in [-0.25, -0.2) is 0 Å². The van der Waals surface area contributed by atoms with Crippen LogP contribution >= 0.6 is 0 Å². The number of hydrogen-bond acceptors (Lipinski definition) is 2. The second-order valence-electron chi connectivity index (χ2n) is 5.88. The number of ether oxygens (including phenoxy) is 1. The summed E-state index contributed by atoms with van der Waals surface area (Å²) in [4.78, 5) is 0. The molecule has 1 heterocycles. The molecule has 0 spiro atoms. The molecule has 0 N–H and O–H groups in total. The fourth-order valence-corrected chi connectivity index (χ4v) is 2.80. The number of fused-ring (bicyclic) bond motifs is 1. The van der Waals surface area contributed by atoms with Crippen molar-refractivity contribution in [1.29, 1.82) is 0 Å². The number of benzene rings is 3. The van der Waals surface area contributed by atoms with Crippen LogP contribution < -0.4 is 4.74 Å². The maximum absolute atomic E-state index is 6.03. The number of hydrogen-bond donors (Lipinski definition) is 0. The number of methoxy groups -OCH3 is 1. The third-order valence-corrected chi connectivity index (χ3v) is 4.19. The van der Waals surface area contributed by atoms with Crippen LogP contribution in [0.25, 0.3) is 34.4 Å². The minimum absolute atomic E-state index is 0.864. The zero-order valence-electron chi connectivity index (χ0n) is 14.0. The Morgan fingerprint density at radius 2 is 1.48 bits per heavy atom. The number of furan rings is 1. The van der Waals surface area contributed by atoms with E-state index in [1.165, 1.54) is 0 Å². The average molecular weight is 326 g/mol. The summed E-state index contributed by atoms with van der Waals surface area (Å²) in [5.74, 6) is 1.76. The summed E-state index contributed by atoms with van der Waals surface area (Å²) in [6.07, 6.45) is 4.17. The molecule has 0 aliphatic rings. The molecule has 0 unspecified atom stereocenters. The molecule has 1 aromatic heterocycles. The monoisotopic (exact) mass is 326 g/mol. The van der Waals surface area contributed by atoms with Crippen molar-refractivity contribution in [2.24, 2.45) is 0 Å². The van der Waals surface area contributed by atoms with Gasteiger partial charge < -0.3 is 9.15 Å². The first kappa shape index (κ1) is 15.3. The van der Waals surface area contributed by atoms with Gasteiger partial charge in [-0.3, -0.25) is 0 Å². The van der Waals surface area contributed by atoms with Gasteiger partial charge in [-0.15, -0.1) is 0 Å². The van der Waals surface area contributed by atoms with Crippen LogP contribution in [0, 0.1) is 0 Å². The molecule has 0 radical (unpaired) electrons. The van der Waals surface area contributed by atoms with Crippen molar-refractivity contribution in [1.82, 2.24) is 0 Å². The van der Waals surface area contributed by atoms with Crippen LogP contribution in [0.4, 0.5) is 0 Å². The van der Waals surface area contributed by atoms with Crippen LogP contribution in [0.1, 0.15) is 11.1 Å². The van der Waals surface area contributed by atoms with E-state index in [0.717, 1.165) is 39.2 Å². The molecule has 4 rings (SSSR count). The van der Waals surface area contributed by atoms with E-state index in [1.54, 1.807) is 7.11 Å². The minimum Gasteiger partial charge on any atom is -0.497 e. The molecule has 2 nitrogen and oxygen atoms in total. The van der Waals surface area contributed by atoms with Crippen LogP contribution in [0.3, 0.4) is 0 Å². The Hall–Kier alpha value is -3.26. The zero-order valence-corrected chi connectivity index (χ0v) is 14.0. The predicted octanol–water partition coefficient (Wildman–Crippen LogP) is 6.28. The maximum Gasteiger partial charge on any atom is 0.135 e. The molecule has 25 heavy (non-hydrogen) atoms. The molecule has 0 bridgehead atoms. The van der Waals surface area contributed by atoms with Crippen LogP contribution in [0.2, 0.25) is 0 Å². The summed E-state index contributed by atoms with van der Waals surface area (Å²) in [5, 5.41) is 1.11. The van der Waals surface area contributed by atoms with Crippen molar-refractivity contribution in [2.75, 3.05) is 7.11 Å². The van der Waals surface area contributed by atoms with Crippen LogP contribution in [0.5, 0.6) is 5.75 Å². The SMILES string of the molecule is COc1ccc(/C=C/c2ccc3cc(-c4ccccc4)oc3c2)cc1. The molecule has 3 aromatic carbocycles. The lowest BCUT2D eigenvalue weighted by Gasteiger charge is -1.99. The summed E-state index contributed by atoms with van der Waals surface area (Å²) in [6, 6.07) is 26.5. The molecule has 122 valence electrons. The Bertz CT molecular complexity index is 1010. The van der Waals surface area contributed by atoms with E-state index in [-0.39, 0.29) is 0 Å². The van der Waals surface area contributed by atoms with Crippen molar-refractivity contribution in [3.8, 4) is 17.1 Å². The van der Waals surface area contributed by atoms with Crippen molar-refractivity contribution in [3.63, 3.8) is 0 Å². The number of rotatable bonds is 4. The lowest BCUT2D eigenvalue weighted by molar-refractivity contribution is 0.415. The Kier molecular flexibility index (Phi) is 4.09. The summed E-state index contributed by atoms with van der Waals surface area (Å²) in [5.41, 5.74) is 4.23. The highest BCUT2D eigenvalue weighted by Gasteiger charge is 2.05. The largest absolute Gasteiger partial charge is 0.497 e. The molecule has 0 aliphatic carbocycles. The van der Waals surface area contributed by atoms with Gasteiger partial charge in [-0.2, -0.15) is 0 Å². The van der Waals surface area contributed by atoms with E-state index in [4.69, 9.17) is 9.15 Å². The molecule has 0 saturated heterocycles. The first-order chi connectivity index (χ1) is 12.3. The highest BCUT2D eigenvalue weighted by Crippen LogP contribution is 2.28. The first-order valence-electron chi connectivity index (χ1n) is 8.23. The van der Waals surface area contributed by atoms with Gasteiger partial charge in [0.25, 0.3) is 0 Å². The molecule has 0 atom stereocenters. The van der Waals surface area contributed by atoms with Crippen molar-refractivity contribution >= 4 is 23.1 Å². The van der Waals surface area contributed by atoms with E-state index in [0.29, 0.717) is 0 Å². The smallest absolute Gasteiger partial charge is 0.135 e. The van der Waals surface area contributed by atoms with Crippen LogP contribution in [-0.4, -0.2) is 7.11 Å². The standard InChI is InChI=1S/C23H18O2/c1-24-21-13-10-17(11-14-21)7-8-18-9-12-20-16-23(25-22(20)15-18)19-5-3-2-4-6-19/h2-16H,1H3/b8-7+. The summed E-state index contributed by atoms with van der Waals surface area (Å²) in [7, 11) is 1.67. The average Bonchev–Trinajstić information content (AvgIpc) is 3.11. The Morgan fingerprint density at radius 1 is 0.760 bits per heavy atom. The Balaban J connectivity index is 1.61. The van der Waals surface area contributed by atoms with Gasteiger partial charge >= 0.3 is 0 Å². The van der Waals surface area contributed by atoms with E-state index in [1.807, 2.05) is 42.5 Å². The maximum atomic E-state index is 6.03. The highest BCUT2D eigenvalue weighted by atomic mass is 16.5. The quantitative estimate of drug-likeness (QED) is 0.412. The second kappa shape index (κ2) is 6.70. The van der Waals surface area contributed by atoms with E-state index in [2.05, 4.69) is 48.6 Å². The van der Waals surface area contributed by atoms with E-state index < -0.39 is 0 Å². The highest BCUT2D eigenvalue weighted by molar-refractivity contribution is 5.85. The van der Waals surface area contributed by atoms with Gasteiger partial charge in [0.2, 0.25) is 0 Å². The molecule has 0 fully saturated rings. The van der Waals surface area contributed by atoms with Gasteiger partial charge in [-0.1, -0.05) is 66.7 Å².